The molecule has 16 heavy (non-hydrogen) atoms. The molecule has 0 aromatic carbocycles. The zero-order chi connectivity index (χ0) is 10.8. The van der Waals surface area contributed by atoms with Crippen LogP contribution in [0.5, 0.6) is 0 Å². The lowest BCUT2D eigenvalue weighted by Crippen LogP contribution is -2.47. The topological polar surface area (TPSA) is 29.9 Å². The fraction of sp³-hybridized carbons (Fsp3) is 0.769. The molecular formula is C13H21N3. The van der Waals surface area contributed by atoms with Crippen LogP contribution in [0.3, 0.4) is 0 Å². The van der Waals surface area contributed by atoms with Crippen molar-refractivity contribution >= 4 is 0 Å². The lowest BCUT2D eigenvalue weighted by molar-refractivity contribution is 0.199. The van der Waals surface area contributed by atoms with Gasteiger partial charge in [-0.15, -0.1) is 0 Å². The molecule has 0 bridgehead atoms. The van der Waals surface area contributed by atoms with E-state index in [1.807, 2.05) is 12.3 Å². The van der Waals surface area contributed by atoms with Gasteiger partial charge in [-0.1, -0.05) is 19.3 Å². The summed E-state index contributed by atoms with van der Waals surface area (Å²) in [5.74, 6) is 0. The van der Waals surface area contributed by atoms with Crippen LogP contribution in [0.25, 0.3) is 0 Å². The molecule has 2 fully saturated rings. The summed E-state index contributed by atoms with van der Waals surface area (Å²) < 4.78 is 2.16. The van der Waals surface area contributed by atoms with Crippen LogP contribution in [0.15, 0.2) is 18.5 Å². The molecule has 0 amide bonds. The van der Waals surface area contributed by atoms with Crippen LogP contribution in [-0.2, 0) is 0 Å². The van der Waals surface area contributed by atoms with Crippen LogP contribution in [0, 0.1) is 0 Å². The minimum absolute atomic E-state index is 0.587. The Morgan fingerprint density at radius 2 is 1.94 bits per heavy atom. The molecule has 0 spiro atoms. The van der Waals surface area contributed by atoms with E-state index in [9.17, 15) is 0 Å². The first-order chi connectivity index (χ1) is 7.93. The van der Waals surface area contributed by atoms with Crippen LogP contribution in [-0.4, -0.2) is 21.9 Å². The minimum atomic E-state index is 0.587. The zero-order valence-electron chi connectivity index (χ0n) is 9.81. The molecule has 3 nitrogen and oxygen atoms in total. The molecule has 0 radical (unpaired) electrons. The highest BCUT2D eigenvalue weighted by Gasteiger charge is 2.30. The molecule has 1 N–H and O–H groups in total. The number of nitrogens with zero attached hydrogens (tertiary/aromatic N) is 2. The van der Waals surface area contributed by atoms with Crippen molar-refractivity contribution in [3.63, 3.8) is 0 Å². The summed E-state index contributed by atoms with van der Waals surface area (Å²) in [6, 6.07) is 4.07. The summed E-state index contributed by atoms with van der Waals surface area (Å²) in [6.45, 7) is 0. The van der Waals surface area contributed by atoms with Crippen LogP contribution in [0.1, 0.15) is 51.0 Å². The van der Waals surface area contributed by atoms with Gasteiger partial charge in [0.2, 0.25) is 0 Å². The Labute approximate surface area is 97.2 Å². The molecular weight excluding hydrogens is 198 g/mol. The molecule has 2 aliphatic carbocycles. The first kappa shape index (κ1) is 10.3. The molecule has 2 unspecified atom stereocenters. The van der Waals surface area contributed by atoms with Crippen LogP contribution in [0.2, 0.25) is 0 Å². The fourth-order valence-corrected chi connectivity index (χ4v) is 2.98. The van der Waals surface area contributed by atoms with Crippen LogP contribution < -0.4 is 5.32 Å². The molecule has 2 saturated carbocycles. The van der Waals surface area contributed by atoms with Crippen molar-refractivity contribution in [3.05, 3.63) is 18.5 Å². The van der Waals surface area contributed by atoms with Gasteiger partial charge in [0.25, 0.3) is 0 Å². The van der Waals surface area contributed by atoms with E-state index in [0.717, 1.165) is 6.04 Å². The van der Waals surface area contributed by atoms with E-state index < -0.39 is 0 Å². The van der Waals surface area contributed by atoms with E-state index in [1.165, 1.54) is 44.9 Å². The first-order valence-corrected chi connectivity index (χ1v) is 6.68. The molecule has 3 rings (SSSR count). The van der Waals surface area contributed by atoms with Gasteiger partial charge in [0.1, 0.15) is 0 Å². The number of hydrogen-bond donors (Lipinski definition) is 1. The quantitative estimate of drug-likeness (QED) is 0.846. The van der Waals surface area contributed by atoms with Gasteiger partial charge < -0.3 is 5.32 Å². The molecule has 1 aromatic heterocycles. The third-order valence-corrected chi connectivity index (χ3v) is 4.15. The zero-order valence-corrected chi connectivity index (χ0v) is 9.81. The lowest BCUT2D eigenvalue weighted by Gasteiger charge is -2.38. The molecule has 1 aromatic rings. The van der Waals surface area contributed by atoms with Crippen molar-refractivity contribution < 1.29 is 0 Å². The molecule has 88 valence electrons. The summed E-state index contributed by atoms with van der Waals surface area (Å²) in [4.78, 5) is 0. The van der Waals surface area contributed by atoms with Gasteiger partial charge >= 0.3 is 0 Å². The Bertz CT molecular complexity index is 316. The van der Waals surface area contributed by atoms with Crippen molar-refractivity contribution in [1.82, 2.24) is 15.1 Å². The van der Waals surface area contributed by atoms with E-state index in [1.54, 1.807) is 0 Å². The highest BCUT2D eigenvalue weighted by Crippen LogP contribution is 2.30. The lowest BCUT2D eigenvalue weighted by atomic mass is 9.86. The largest absolute Gasteiger partial charge is 0.309 e. The number of aromatic nitrogens is 2. The number of hydrogen-bond acceptors (Lipinski definition) is 2. The average Bonchev–Trinajstić information content (AvgIpc) is 2.77. The second-order valence-electron chi connectivity index (χ2n) is 5.24. The van der Waals surface area contributed by atoms with Gasteiger partial charge in [0.15, 0.2) is 0 Å². The van der Waals surface area contributed by atoms with E-state index in [-0.39, 0.29) is 0 Å². The van der Waals surface area contributed by atoms with E-state index >= 15 is 0 Å². The van der Waals surface area contributed by atoms with E-state index in [4.69, 9.17) is 0 Å². The number of rotatable bonds is 3. The second-order valence-corrected chi connectivity index (χ2v) is 5.24. The molecule has 0 aliphatic heterocycles. The maximum absolute atomic E-state index is 4.42. The monoisotopic (exact) mass is 219 g/mol. The Hall–Kier alpha value is -0.830. The Kier molecular flexibility index (Phi) is 2.96. The average molecular weight is 219 g/mol. The van der Waals surface area contributed by atoms with Crippen molar-refractivity contribution in [2.75, 3.05) is 0 Å². The summed E-state index contributed by atoms with van der Waals surface area (Å²) in [7, 11) is 0. The van der Waals surface area contributed by atoms with Crippen LogP contribution >= 0.6 is 0 Å². The van der Waals surface area contributed by atoms with Gasteiger partial charge in [-0.2, -0.15) is 5.10 Å². The first-order valence-electron chi connectivity index (χ1n) is 6.68. The van der Waals surface area contributed by atoms with E-state index in [2.05, 4.69) is 21.3 Å². The summed E-state index contributed by atoms with van der Waals surface area (Å²) in [5, 5.41) is 8.25. The van der Waals surface area contributed by atoms with E-state index in [0.29, 0.717) is 12.1 Å². The van der Waals surface area contributed by atoms with Gasteiger partial charge in [0.05, 0.1) is 6.04 Å². The van der Waals surface area contributed by atoms with Gasteiger partial charge in [0, 0.05) is 24.5 Å². The molecule has 1 heterocycles. The summed E-state index contributed by atoms with van der Waals surface area (Å²) in [6.07, 6.45) is 13.5. The van der Waals surface area contributed by atoms with Crippen LogP contribution in [0.4, 0.5) is 0 Å². The fourth-order valence-electron chi connectivity index (χ4n) is 2.98. The maximum atomic E-state index is 4.42. The molecule has 3 heteroatoms. The normalized spacial score (nSPS) is 31.2. The minimum Gasteiger partial charge on any atom is -0.309 e. The highest BCUT2D eigenvalue weighted by molar-refractivity contribution is 4.92. The maximum Gasteiger partial charge on any atom is 0.0672 e. The van der Waals surface area contributed by atoms with Crippen molar-refractivity contribution in [1.29, 1.82) is 0 Å². The molecule has 2 atom stereocenters. The standard InChI is InChI=1S/C13H21N3/c1-2-8-13(16-10-4-9-14-16)12(7-1)15-11-5-3-6-11/h4,9-13,15H,1-3,5-8H2. The van der Waals surface area contributed by atoms with Crippen molar-refractivity contribution in [2.24, 2.45) is 0 Å². The third kappa shape index (κ3) is 2.01. The van der Waals surface area contributed by atoms with Crippen molar-refractivity contribution in [3.8, 4) is 0 Å². The summed E-state index contributed by atoms with van der Waals surface area (Å²) >= 11 is 0. The molecule has 2 aliphatic rings. The van der Waals surface area contributed by atoms with Crippen molar-refractivity contribution in [2.45, 2.75) is 63.1 Å². The summed E-state index contributed by atoms with van der Waals surface area (Å²) in [5.41, 5.74) is 0. The van der Waals surface area contributed by atoms with Gasteiger partial charge in [-0.05, 0) is 31.7 Å². The van der Waals surface area contributed by atoms with Gasteiger partial charge in [-0.25, -0.2) is 0 Å². The molecule has 0 saturated heterocycles. The predicted octanol–water partition coefficient (Wildman–Crippen LogP) is 2.51. The second kappa shape index (κ2) is 4.58. The Morgan fingerprint density at radius 3 is 2.62 bits per heavy atom. The highest BCUT2D eigenvalue weighted by atomic mass is 15.3. The SMILES string of the molecule is c1cnn(C2CCCCC2NC2CCC2)c1. The van der Waals surface area contributed by atoms with Gasteiger partial charge in [-0.3, -0.25) is 4.68 Å². The Balaban J connectivity index is 1.68. The smallest absolute Gasteiger partial charge is 0.0672 e. The predicted molar refractivity (Wildman–Crippen MR) is 64.3 cm³/mol. The Morgan fingerprint density at radius 1 is 1.06 bits per heavy atom. The third-order valence-electron chi connectivity index (χ3n) is 4.15. The number of nitrogens with one attached hydrogen (secondary N) is 1.